The zero-order chi connectivity index (χ0) is 8.97. The molecular weight excluding hydrogens is 146 g/mol. The lowest BCUT2D eigenvalue weighted by Crippen LogP contribution is -2.35. The first-order valence-electron chi connectivity index (χ1n) is 5.49. The van der Waals surface area contributed by atoms with Crippen LogP contribution >= 0.6 is 0 Å². The molecule has 1 fully saturated rings. The minimum Gasteiger partial charge on any atom is -0.314 e. The van der Waals surface area contributed by atoms with Gasteiger partial charge >= 0.3 is 0 Å². The molecule has 0 bridgehead atoms. The molecule has 1 aliphatic carbocycles. The Bertz CT molecular complexity index is 120. The summed E-state index contributed by atoms with van der Waals surface area (Å²) in [5, 5.41) is 3.66. The summed E-state index contributed by atoms with van der Waals surface area (Å²) in [6.45, 7) is 8.16. The van der Waals surface area contributed by atoms with Gasteiger partial charge in [0.1, 0.15) is 0 Å². The van der Waals surface area contributed by atoms with Gasteiger partial charge in [0.25, 0.3) is 0 Å². The molecule has 0 aromatic carbocycles. The molecule has 1 aliphatic rings. The summed E-state index contributed by atoms with van der Waals surface area (Å²) in [6, 6.07) is 0.824. The van der Waals surface area contributed by atoms with Gasteiger partial charge in [0, 0.05) is 6.04 Å². The molecule has 1 rings (SSSR count). The van der Waals surface area contributed by atoms with E-state index in [2.05, 4.69) is 26.1 Å². The lowest BCUT2D eigenvalue weighted by atomic mass is 9.91. The minimum atomic E-state index is 0.824. The number of rotatable bonds is 4. The first-order valence-corrected chi connectivity index (χ1v) is 5.49. The monoisotopic (exact) mass is 169 g/mol. The van der Waals surface area contributed by atoms with Crippen molar-refractivity contribution in [3.05, 3.63) is 0 Å². The van der Waals surface area contributed by atoms with Crippen LogP contribution < -0.4 is 5.32 Å². The van der Waals surface area contributed by atoms with Crippen LogP contribution in [0.4, 0.5) is 0 Å². The van der Waals surface area contributed by atoms with Gasteiger partial charge in [0.15, 0.2) is 0 Å². The Kier molecular flexibility index (Phi) is 4.07. The van der Waals surface area contributed by atoms with Crippen molar-refractivity contribution in [2.75, 3.05) is 6.54 Å². The highest BCUT2D eigenvalue weighted by molar-refractivity contribution is 4.84. The van der Waals surface area contributed by atoms with E-state index in [9.17, 15) is 0 Å². The molecule has 0 amide bonds. The van der Waals surface area contributed by atoms with E-state index < -0.39 is 0 Å². The second-order valence-electron chi connectivity index (χ2n) is 4.40. The van der Waals surface area contributed by atoms with Crippen LogP contribution in [0.5, 0.6) is 0 Å². The number of hydrogen-bond donors (Lipinski definition) is 1. The van der Waals surface area contributed by atoms with Crippen molar-refractivity contribution in [2.45, 2.75) is 52.5 Å². The first kappa shape index (κ1) is 10.0. The van der Waals surface area contributed by atoms with Gasteiger partial charge in [0.2, 0.25) is 0 Å². The molecule has 0 aromatic heterocycles. The van der Waals surface area contributed by atoms with Crippen molar-refractivity contribution >= 4 is 0 Å². The molecule has 0 aromatic rings. The maximum Gasteiger partial charge on any atom is 0.00977 e. The molecule has 1 heteroatoms. The molecule has 2 atom stereocenters. The van der Waals surface area contributed by atoms with E-state index in [1.54, 1.807) is 0 Å². The first-order chi connectivity index (χ1) is 5.75. The molecule has 12 heavy (non-hydrogen) atoms. The van der Waals surface area contributed by atoms with Crippen molar-refractivity contribution < 1.29 is 0 Å². The van der Waals surface area contributed by atoms with Gasteiger partial charge in [-0.05, 0) is 37.6 Å². The summed E-state index contributed by atoms with van der Waals surface area (Å²) < 4.78 is 0. The van der Waals surface area contributed by atoms with Crippen LogP contribution in [-0.2, 0) is 0 Å². The summed E-state index contributed by atoms with van der Waals surface area (Å²) in [5.41, 5.74) is 0. The lowest BCUT2D eigenvalue weighted by Gasteiger charge is -2.23. The van der Waals surface area contributed by atoms with Gasteiger partial charge in [0.05, 0.1) is 0 Å². The summed E-state index contributed by atoms with van der Waals surface area (Å²) in [7, 11) is 0. The lowest BCUT2D eigenvalue weighted by molar-refractivity contribution is 0.314. The molecule has 0 radical (unpaired) electrons. The third-order valence-corrected chi connectivity index (χ3v) is 3.08. The van der Waals surface area contributed by atoms with E-state index in [0.29, 0.717) is 0 Å². The van der Waals surface area contributed by atoms with E-state index in [1.807, 2.05) is 0 Å². The van der Waals surface area contributed by atoms with Crippen LogP contribution in [0.2, 0.25) is 0 Å². The maximum atomic E-state index is 3.66. The molecule has 72 valence electrons. The fourth-order valence-electron chi connectivity index (χ4n) is 2.37. The van der Waals surface area contributed by atoms with Crippen molar-refractivity contribution in [3.63, 3.8) is 0 Å². The molecular formula is C11H23N. The van der Waals surface area contributed by atoms with Gasteiger partial charge in [-0.25, -0.2) is 0 Å². The average molecular weight is 169 g/mol. The molecule has 0 aliphatic heterocycles. The normalized spacial score (nSPS) is 30.0. The van der Waals surface area contributed by atoms with Crippen molar-refractivity contribution in [3.8, 4) is 0 Å². The Balaban J connectivity index is 2.30. The third-order valence-electron chi connectivity index (χ3n) is 3.08. The molecule has 1 N–H and O–H groups in total. The van der Waals surface area contributed by atoms with Crippen molar-refractivity contribution in [2.24, 2.45) is 11.8 Å². The van der Waals surface area contributed by atoms with Gasteiger partial charge < -0.3 is 5.32 Å². The standard InChI is InChI=1S/C11H23N/c1-4-8-12-11-7-5-6-10(11)9(2)3/h9-12H,4-8H2,1-3H3. The topological polar surface area (TPSA) is 12.0 Å². The Morgan fingerprint density at radius 2 is 2.08 bits per heavy atom. The maximum absolute atomic E-state index is 3.66. The smallest absolute Gasteiger partial charge is 0.00977 e. The SMILES string of the molecule is CCCNC1CCCC1C(C)C. The summed E-state index contributed by atoms with van der Waals surface area (Å²) in [4.78, 5) is 0. The number of hydrogen-bond acceptors (Lipinski definition) is 1. The van der Waals surface area contributed by atoms with Gasteiger partial charge in [-0.15, -0.1) is 0 Å². The average Bonchev–Trinajstić information content (AvgIpc) is 2.48. The van der Waals surface area contributed by atoms with Gasteiger partial charge in [-0.3, -0.25) is 0 Å². The van der Waals surface area contributed by atoms with Crippen LogP contribution in [-0.4, -0.2) is 12.6 Å². The number of nitrogens with one attached hydrogen (secondary N) is 1. The predicted molar refractivity (Wildman–Crippen MR) is 54.3 cm³/mol. The molecule has 0 heterocycles. The highest BCUT2D eigenvalue weighted by Gasteiger charge is 2.28. The Labute approximate surface area is 76.9 Å². The molecule has 0 spiro atoms. The highest BCUT2D eigenvalue weighted by Crippen LogP contribution is 2.31. The summed E-state index contributed by atoms with van der Waals surface area (Å²) in [5.74, 6) is 1.80. The largest absolute Gasteiger partial charge is 0.314 e. The zero-order valence-corrected chi connectivity index (χ0v) is 8.77. The highest BCUT2D eigenvalue weighted by atomic mass is 14.9. The molecule has 1 saturated carbocycles. The third kappa shape index (κ3) is 2.48. The fraction of sp³-hybridized carbons (Fsp3) is 1.00. The van der Waals surface area contributed by atoms with Crippen LogP contribution in [0.3, 0.4) is 0 Å². The van der Waals surface area contributed by atoms with E-state index >= 15 is 0 Å². The Hall–Kier alpha value is -0.0400. The minimum absolute atomic E-state index is 0.824. The van der Waals surface area contributed by atoms with Gasteiger partial charge in [-0.2, -0.15) is 0 Å². The second kappa shape index (κ2) is 4.86. The quantitative estimate of drug-likeness (QED) is 0.682. The van der Waals surface area contributed by atoms with Crippen molar-refractivity contribution in [1.82, 2.24) is 5.32 Å². The molecule has 1 nitrogen and oxygen atoms in total. The van der Waals surface area contributed by atoms with Crippen LogP contribution in [0.25, 0.3) is 0 Å². The summed E-state index contributed by atoms with van der Waals surface area (Å²) in [6.07, 6.45) is 5.55. The second-order valence-corrected chi connectivity index (χ2v) is 4.40. The van der Waals surface area contributed by atoms with E-state index in [0.717, 1.165) is 17.9 Å². The zero-order valence-electron chi connectivity index (χ0n) is 8.77. The van der Waals surface area contributed by atoms with Crippen LogP contribution in [0.1, 0.15) is 46.5 Å². The van der Waals surface area contributed by atoms with E-state index in [1.165, 1.54) is 32.2 Å². The predicted octanol–water partition coefficient (Wildman–Crippen LogP) is 2.81. The molecule has 2 unspecified atom stereocenters. The van der Waals surface area contributed by atoms with Crippen LogP contribution in [0, 0.1) is 11.8 Å². The summed E-state index contributed by atoms with van der Waals surface area (Å²) >= 11 is 0. The van der Waals surface area contributed by atoms with Crippen molar-refractivity contribution in [1.29, 1.82) is 0 Å². The Morgan fingerprint density at radius 1 is 1.33 bits per heavy atom. The molecule has 0 saturated heterocycles. The van der Waals surface area contributed by atoms with Gasteiger partial charge in [-0.1, -0.05) is 27.2 Å². The van der Waals surface area contributed by atoms with E-state index in [4.69, 9.17) is 0 Å². The fourth-order valence-corrected chi connectivity index (χ4v) is 2.37. The van der Waals surface area contributed by atoms with Crippen LogP contribution in [0.15, 0.2) is 0 Å². The Morgan fingerprint density at radius 3 is 2.67 bits per heavy atom. The van der Waals surface area contributed by atoms with E-state index in [-0.39, 0.29) is 0 Å².